The number of nitrogens with zero attached hydrogens (tertiary/aromatic N) is 2. The van der Waals surface area contributed by atoms with Crippen LogP contribution >= 0.6 is 11.6 Å². The molecule has 0 spiro atoms. The van der Waals surface area contributed by atoms with Crippen molar-refractivity contribution in [3.8, 4) is 0 Å². The number of nitrogens with one attached hydrogen (secondary N) is 1. The number of benzene rings is 3. The van der Waals surface area contributed by atoms with E-state index in [4.69, 9.17) is 11.6 Å². The summed E-state index contributed by atoms with van der Waals surface area (Å²) in [6.07, 6.45) is -1.12. The Bertz CT molecular complexity index is 1570. The monoisotopic (exact) mass is 551 g/mol. The van der Waals surface area contributed by atoms with Gasteiger partial charge in [-0.25, -0.2) is 4.90 Å². The van der Waals surface area contributed by atoms with Gasteiger partial charge in [0.05, 0.1) is 29.1 Å². The van der Waals surface area contributed by atoms with E-state index < -0.39 is 53.4 Å². The predicted molar refractivity (Wildman–Crippen MR) is 140 cm³/mol. The maximum atomic E-state index is 14.0. The molecule has 4 atom stereocenters. The Balaban J connectivity index is 1.43. The van der Waals surface area contributed by atoms with Crippen LogP contribution in [0.4, 0.5) is 24.5 Å². The van der Waals surface area contributed by atoms with E-state index in [-0.39, 0.29) is 5.69 Å². The number of carbonyl (C=O) groups excluding carboxylic acids is 3. The van der Waals surface area contributed by atoms with Gasteiger partial charge in [-0.2, -0.15) is 13.2 Å². The van der Waals surface area contributed by atoms with Gasteiger partial charge in [0.1, 0.15) is 6.04 Å². The standard InChI is InChI=1S/C29H21ClF3N3O3/c1-15-20(30)10-5-11-21(15)36-27(38)22-23(28(36)39)25(35-13-12-16-6-2-3-9-19(16)24(22)35)26(37)34-18-8-4-7-17(14-18)29(31,32)33/h2-14,22-25H,1H3,(H,34,37)/t22-,23-,24+,25+/m1/s1. The van der Waals surface area contributed by atoms with Crippen LogP contribution in [0.25, 0.3) is 6.08 Å². The smallest absolute Gasteiger partial charge is 0.357 e. The minimum atomic E-state index is -4.59. The Morgan fingerprint density at radius 2 is 1.67 bits per heavy atom. The van der Waals surface area contributed by atoms with E-state index in [1.54, 1.807) is 42.3 Å². The SMILES string of the molecule is Cc1c(Cl)cccc1N1C(=O)[C@@H]2[C@@H](C1=O)[C@@H]1c3ccccc3C=CN1[C@@H]2C(=O)Nc1cccc(C(F)(F)F)c1. The minimum Gasteiger partial charge on any atom is -0.357 e. The molecule has 0 bridgehead atoms. The van der Waals surface area contributed by atoms with Crippen molar-refractivity contribution in [2.45, 2.75) is 25.2 Å². The van der Waals surface area contributed by atoms with Crippen LogP contribution in [0.3, 0.4) is 0 Å². The molecule has 3 aliphatic rings. The summed E-state index contributed by atoms with van der Waals surface area (Å²) in [5.41, 5.74) is 1.56. The number of hydrogen-bond donors (Lipinski definition) is 1. The lowest BCUT2D eigenvalue weighted by Crippen LogP contribution is -2.46. The van der Waals surface area contributed by atoms with Crippen LogP contribution in [0.1, 0.15) is 28.3 Å². The summed E-state index contributed by atoms with van der Waals surface area (Å²) in [7, 11) is 0. The van der Waals surface area contributed by atoms with Gasteiger partial charge in [0.2, 0.25) is 17.7 Å². The third-order valence-electron chi connectivity index (χ3n) is 7.67. The molecule has 3 heterocycles. The number of hydrogen-bond acceptors (Lipinski definition) is 4. The summed E-state index contributed by atoms with van der Waals surface area (Å²) in [5.74, 6) is -3.65. The highest BCUT2D eigenvalue weighted by molar-refractivity contribution is 6.32. The maximum absolute atomic E-state index is 14.0. The largest absolute Gasteiger partial charge is 0.416 e. The Morgan fingerprint density at radius 1 is 0.949 bits per heavy atom. The van der Waals surface area contributed by atoms with Crippen LogP contribution < -0.4 is 10.2 Å². The highest BCUT2D eigenvalue weighted by Crippen LogP contribution is 2.53. The third-order valence-corrected chi connectivity index (χ3v) is 8.08. The zero-order valence-electron chi connectivity index (χ0n) is 20.4. The minimum absolute atomic E-state index is 0.0597. The fourth-order valence-corrected chi connectivity index (χ4v) is 6.09. The summed E-state index contributed by atoms with van der Waals surface area (Å²) < 4.78 is 39.8. The lowest BCUT2D eigenvalue weighted by atomic mass is 9.84. The van der Waals surface area contributed by atoms with Crippen LogP contribution in [0.5, 0.6) is 0 Å². The first kappa shape index (κ1) is 25.2. The molecule has 10 heteroatoms. The van der Waals surface area contributed by atoms with Crippen molar-refractivity contribution in [3.63, 3.8) is 0 Å². The number of halogens is 4. The van der Waals surface area contributed by atoms with E-state index in [2.05, 4.69) is 5.32 Å². The molecule has 3 amide bonds. The Labute approximate surface area is 226 Å². The highest BCUT2D eigenvalue weighted by Gasteiger charge is 2.64. The fourth-order valence-electron chi connectivity index (χ4n) is 5.92. The van der Waals surface area contributed by atoms with Crippen LogP contribution in [0, 0.1) is 18.8 Å². The second-order valence-electron chi connectivity index (χ2n) is 9.80. The lowest BCUT2D eigenvalue weighted by molar-refractivity contribution is -0.137. The molecule has 6 rings (SSSR count). The normalized spacial score (nSPS) is 23.5. The van der Waals surface area contributed by atoms with E-state index in [0.717, 1.165) is 28.2 Å². The van der Waals surface area contributed by atoms with E-state index >= 15 is 0 Å². The molecule has 3 aliphatic heterocycles. The van der Waals surface area contributed by atoms with Crippen LogP contribution in [-0.2, 0) is 20.6 Å². The molecule has 0 unspecified atom stereocenters. The molecule has 3 aromatic rings. The molecule has 198 valence electrons. The Hall–Kier alpha value is -4.11. The average molecular weight is 552 g/mol. The number of amides is 3. The highest BCUT2D eigenvalue weighted by atomic mass is 35.5. The molecular formula is C29H21ClF3N3O3. The van der Waals surface area contributed by atoms with Crippen LogP contribution in [-0.4, -0.2) is 28.7 Å². The topological polar surface area (TPSA) is 69.7 Å². The van der Waals surface area contributed by atoms with Gasteiger partial charge in [-0.3, -0.25) is 14.4 Å². The molecule has 2 fully saturated rings. The number of carbonyl (C=O) groups is 3. The molecule has 0 aliphatic carbocycles. The van der Waals surface area contributed by atoms with Gasteiger partial charge in [0, 0.05) is 16.9 Å². The molecule has 3 aromatic carbocycles. The van der Waals surface area contributed by atoms with Crippen molar-refractivity contribution in [3.05, 3.63) is 100 Å². The maximum Gasteiger partial charge on any atom is 0.416 e. The van der Waals surface area contributed by atoms with Gasteiger partial charge < -0.3 is 10.2 Å². The molecule has 6 nitrogen and oxygen atoms in total. The quantitative estimate of drug-likeness (QED) is 0.416. The summed E-state index contributed by atoms with van der Waals surface area (Å²) >= 11 is 6.29. The second kappa shape index (κ2) is 8.98. The predicted octanol–water partition coefficient (Wildman–Crippen LogP) is 5.82. The van der Waals surface area contributed by atoms with Crippen molar-refractivity contribution in [2.24, 2.45) is 11.8 Å². The van der Waals surface area contributed by atoms with Gasteiger partial charge in [-0.15, -0.1) is 0 Å². The summed E-state index contributed by atoms with van der Waals surface area (Å²) in [5, 5.41) is 2.94. The Kier molecular flexibility index (Phi) is 5.80. The van der Waals surface area contributed by atoms with Crippen LogP contribution in [0.15, 0.2) is 72.9 Å². The summed E-state index contributed by atoms with van der Waals surface area (Å²) in [6.45, 7) is 1.70. The van der Waals surface area contributed by atoms with Gasteiger partial charge >= 0.3 is 6.18 Å². The lowest BCUT2D eigenvalue weighted by Gasteiger charge is -2.35. The van der Waals surface area contributed by atoms with Gasteiger partial charge in [0.25, 0.3) is 0 Å². The molecule has 2 saturated heterocycles. The van der Waals surface area contributed by atoms with Gasteiger partial charge in [0.15, 0.2) is 0 Å². The first-order valence-corrected chi connectivity index (χ1v) is 12.6. The number of rotatable bonds is 3. The van der Waals surface area contributed by atoms with E-state index in [1.807, 2.05) is 24.3 Å². The summed E-state index contributed by atoms with van der Waals surface area (Å²) in [6, 6.07) is 14.9. The van der Waals surface area contributed by atoms with E-state index in [1.165, 1.54) is 12.1 Å². The molecule has 0 radical (unpaired) electrons. The van der Waals surface area contributed by atoms with Crippen molar-refractivity contribution in [1.29, 1.82) is 0 Å². The molecule has 0 saturated carbocycles. The zero-order valence-corrected chi connectivity index (χ0v) is 21.2. The fraction of sp³-hybridized carbons (Fsp3) is 0.207. The van der Waals surface area contributed by atoms with Crippen molar-refractivity contribution in [1.82, 2.24) is 4.90 Å². The van der Waals surface area contributed by atoms with E-state index in [9.17, 15) is 27.6 Å². The van der Waals surface area contributed by atoms with Crippen LogP contribution in [0.2, 0.25) is 5.02 Å². The third kappa shape index (κ3) is 3.91. The molecule has 0 aromatic heterocycles. The second-order valence-corrected chi connectivity index (χ2v) is 10.2. The zero-order chi connectivity index (χ0) is 27.6. The number of fused-ring (bicyclic) bond motifs is 5. The summed E-state index contributed by atoms with van der Waals surface area (Å²) in [4.78, 5) is 44.4. The van der Waals surface area contributed by atoms with Gasteiger partial charge in [-0.1, -0.05) is 48.0 Å². The first-order chi connectivity index (χ1) is 18.6. The van der Waals surface area contributed by atoms with Crippen molar-refractivity contribution >= 4 is 46.8 Å². The van der Waals surface area contributed by atoms with Gasteiger partial charge in [-0.05, 0) is 60.0 Å². The molecule has 39 heavy (non-hydrogen) atoms. The number of imide groups is 1. The molecule has 1 N–H and O–H groups in total. The van der Waals surface area contributed by atoms with Crippen molar-refractivity contribution in [2.75, 3.05) is 10.2 Å². The molecular weight excluding hydrogens is 531 g/mol. The first-order valence-electron chi connectivity index (χ1n) is 12.2. The average Bonchev–Trinajstić information content (AvgIpc) is 3.38. The van der Waals surface area contributed by atoms with Crippen molar-refractivity contribution < 1.29 is 27.6 Å². The number of anilines is 2. The Morgan fingerprint density at radius 3 is 2.44 bits per heavy atom. The van der Waals surface area contributed by atoms with E-state index in [0.29, 0.717) is 16.3 Å². The number of alkyl halides is 3.